The summed E-state index contributed by atoms with van der Waals surface area (Å²) in [6.45, 7) is -0.0276. The van der Waals surface area contributed by atoms with Gasteiger partial charge in [-0.3, -0.25) is 0 Å². The minimum atomic E-state index is -1.00. The largest absolute Gasteiger partial charge is 0.393 e. The average Bonchev–Trinajstić information content (AvgIpc) is 2.66. The van der Waals surface area contributed by atoms with Crippen LogP contribution in [-0.2, 0) is 4.74 Å². The van der Waals surface area contributed by atoms with Gasteiger partial charge in [-0.15, -0.1) is 11.8 Å². The molecule has 3 atom stereocenters. The third-order valence-corrected chi connectivity index (χ3v) is 3.27. The second-order valence-electron chi connectivity index (χ2n) is 3.20. The number of ether oxygens (including phenoxy) is 1. The van der Waals surface area contributed by atoms with Gasteiger partial charge in [-0.25, -0.2) is 4.99 Å². The summed E-state index contributed by atoms with van der Waals surface area (Å²) in [7, 11) is 0. The first-order chi connectivity index (χ1) is 7.20. The van der Waals surface area contributed by atoms with E-state index >= 15 is 0 Å². The molecule has 1 unspecified atom stereocenters. The Morgan fingerprint density at radius 1 is 1.73 bits per heavy atom. The fourth-order valence-electron chi connectivity index (χ4n) is 1.42. The van der Waals surface area contributed by atoms with Crippen LogP contribution in [0, 0.1) is 0 Å². The van der Waals surface area contributed by atoms with Crippen LogP contribution in [0.15, 0.2) is 17.3 Å². The fraction of sp³-hybridized carbons (Fsp3) is 0.625. The Balaban J connectivity index is 1.98. The van der Waals surface area contributed by atoms with Gasteiger partial charge in [-0.05, 0) is 6.08 Å². The molecule has 0 radical (unpaired) electrons. The topological polar surface area (TPSA) is 91.3 Å². The molecular weight excluding hydrogens is 218 g/mol. The van der Waals surface area contributed by atoms with Crippen molar-refractivity contribution in [3.8, 4) is 0 Å². The maximum atomic E-state index is 9.61. The molecule has 1 fully saturated rings. The molecule has 0 aliphatic carbocycles. The van der Waals surface area contributed by atoms with E-state index < -0.39 is 6.35 Å². The summed E-state index contributed by atoms with van der Waals surface area (Å²) >= 11 is 1.51. The minimum absolute atomic E-state index is 0.0276. The van der Waals surface area contributed by atoms with Crippen LogP contribution in [0.1, 0.15) is 0 Å². The van der Waals surface area contributed by atoms with Gasteiger partial charge >= 0.3 is 0 Å². The second-order valence-corrected chi connectivity index (χ2v) is 4.39. The SMILES string of the molecule is NC1=NC(O)N([C@H]2CS[C@@H](CO)O2)C=C1. The van der Waals surface area contributed by atoms with E-state index in [-0.39, 0.29) is 18.3 Å². The normalized spacial score (nSPS) is 35.7. The number of aliphatic hydroxyl groups is 2. The standard InChI is InChI=1S/C8H13N3O3S/c9-5-1-2-11(8(13)10-5)6-4-15-7(3-12)14-6/h1-2,6-8,12-13H,3-4H2,(H2,9,10)/t6-,7+,8?/m1/s1. The van der Waals surface area contributed by atoms with E-state index in [1.165, 1.54) is 11.8 Å². The Bertz CT molecular complexity index is 297. The number of nitrogens with two attached hydrogens (primary N) is 1. The molecule has 7 heteroatoms. The molecule has 0 bridgehead atoms. The smallest absolute Gasteiger partial charge is 0.229 e. The van der Waals surface area contributed by atoms with Crippen molar-refractivity contribution in [1.29, 1.82) is 0 Å². The summed E-state index contributed by atoms with van der Waals surface area (Å²) in [5, 5.41) is 18.5. The summed E-state index contributed by atoms with van der Waals surface area (Å²) in [4.78, 5) is 5.37. The zero-order chi connectivity index (χ0) is 10.8. The lowest BCUT2D eigenvalue weighted by atomic mass is 10.4. The van der Waals surface area contributed by atoms with Crippen molar-refractivity contribution in [2.45, 2.75) is 18.0 Å². The fourth-order valence-corrected chi connectivity index (χ4v) is 2.36. The first kappa shape index (κ1) is 10.7. The van der Waals surface area contributed by atoms with Crippen molar-refractivity contribution < 1.29 is 14.9 Å². The molecule has 2 rings (SSSR count). The summed E-state index contributed by atoms with van der Waals surface area (Å²) in [6, 6.07) is 0. The molecule has 4 N–H and O–H groups in total. The molecule has 1 saturated heterocycles. The Morgan fingerprint density at radius 3 is 3.13 bits per heavy atom. The van der Waals surface area contributed by atoms with E-state index in [4.69, 9.17) is 15.6 Å². The van der Waals surface area contributed by atoms with Crippen molar-refractivity contribution in [3.05, 3.63) is 12.3 Å². The van der Waals surface area contributed by atoms with E-state index in [2.05, 4.69) is 4.99 Å². The molecule has 0 aromatic heterocycles. The third kappa shape index (κ3) is 2.25. The maximum absolute atomic E-state index is 9.61. The first-order valence-electron chi connectivity index (χ1n) is 4.55. The summed E-state index contributed by atoms with van der Waals surface area (Å²) in [5.74, 6) is 0.977. The van der Waals surface area contributed by atoms with Crippen LogP contribution in [0.2, 0.25) is 0 Å². The molecule has 2 aliphatic rings. The van der Waals surface area contributed by atoms with Crippen LogP contribution in [0.4, 0.5) is 0 Å². The van der Waals surface area contributed by atoms with Crippen molar-refractivity contribution in [3.63, 3.8) is 0 Å². The number of hydrogen-bond donors (Lipinski definition) is 3. The molecule has 0 saturated carbocycles. The highest BCUT2D eigenvalue weighted by molar-refractivity contribution is 8.00. The Kier molecular flexibility index (Phi) is 3.15. The van der Waals surface area contributed by atoms with E-state index in [1.807, 2.05) is 0 Å². The molecule has 2 aliphatic heterocycles. The van der Waals surface area contributed by atoms with Crippen LogP contribution >= 0.6 is 11.8 Å². The number of rotatable bonds is 2. The highest BCUT2D eigenvalue weighted by Gasteiger charge is 2.32. The molecule has 2 heterocycles. The predicted octanol–water partition coefficient (Wildman–Crippen LogP) is -1.14. The van der Waals surface area contributed by atoms with Crippen molar-refractivity contribution in [1.82, 2.24) is 4.90 Å². The van der Waals surface area contributed by atoms with Crippen LogP contribution in [0.5, 0.6) is 0 Å². The van der Waals surface area contributed by atoms with Gasteiger partial charge in [0.1, 0.15) is 17.5 Å². The third-order valence-electron chi connectivity index (χ3n) is 2.16. The molecular formula is C8H13N3O3S. The van der Waals surface area contributed by atoms with Crippen molar-refractivity contribution >= 4 is 17.6 Å². The van der Waals surface area contributed by atoms with Gasteiger partial charge in [0, 0.05) is 12.0 Å². The number of aliphatic hydroxyl groups excluding tert-OH is 2. The quantitative estimate of drug-likeness (QED) is 0.556. The molecule has 0 aromatic rings. The van der Waals surface area contributed by atoms with E-state index in [9.17, 15) is 5.11 Å². The number of aliphatic imine (C=N–C) groups is 1. The average molecular weight is 231 g/mol. The first-order valence-corrected chi connectivity index (χ1v) is 5.60. The summed E-state index contributed by atoms with van der Waals surface area (Å²) in [5.41, 5.74) is 5.21. The van der Waals surface area contributed by atoms with Crippen molar-refractivity contribution in [2.24, 2.45) is 10.7 Å². The second kappa shape index (κ2) is 4.40. The van der Waals surface area contributed by atoms with Gasteiger partial charge in [0.05, 0.1) is 6.61 Å². The molecule has 0 amide bonds. The van der Waals surface area contributed by atoms with Gasteiger partial charge in [-0.1, -0.05) is 0 Å². The summed E-state index contributed by atoms with van der Waals surface area (Å²) < 4.78 is 5.47. The van der Waals surface area contributed by atoms with Gasteiger partial charge in [0.2, 0.25) is 6.35 Å². The number of nitrogens with zero attached hydrogens (tertiary/aromatic N) is 2. The van der Waals surface area contributed by atoms with Gasteiger partial charge in [0.15, 0.2) is 0 Å². The van der Waals surface area contributed by atoms with Crippen molar-refractivity contribution in [2.75, 3.05) is 12.4 Å². The van der Waals surface area contributed by atoms with Gasteiger partial charge in [-0.2, -0.15) is 0 Å². The predicted molar refractivity (Wildman–Crippen MR) is 56.8 cm³/mol. The molecule has 0 spiro atoms. The number of amidine groups is 1. The van der Waals surface area contributed by atoms with E-state index in [0.29, 0.717) is 11.6 Å². The zero-order valence-electron chi connectivity index (χ0n) is 7.98. The van der Waals surface area contributed by atoms with E-state index in [1.54, 1.807) is 17.2 Å². The lowest BCUT2D eigenvalue weighted by molar-refractivity contribution is -0.0973. The number of hydrogen-bond acceptors (Lipinski definition) is 7. The van der Waals surface area contributed by atoms with Crippen LogP contribution < -0.4 is 5.73 Å². The lowest BCUT2D eigenvalue weighted by Crippen LogP contribution is -2.43. The maximum Gasteiger partial charge on any atom is 0.229 e. The Morgan fingerprint density at radius 2 is 2.53 bits per heavy atom. The highest BCUT2D eigenvalue weighted by Crippen LogP contribution is 2.28. The molecule has 0 aromatic carbocycles. The zero-order valence-corrected chi connectivity index (χ0v) is 8.80. The monoisotopic (exact) mass is 231 g/mol. The molecule has 15 heavy (non-hydrogen) atoms. The molecule has 6 nitrogen and oxygen atoms in total. The minimum Gasteiger partial charge on any atom is -0.393 e. The number of thioether (sulfide) groups is 1. The molecule has 84 valence electrons. The Labute approximate surface area is 91.4 Å². The lowest BCUT2D eigenvalue weighted by Gasteiger charge is -2.30. The van der Waals surface area contributed by atoms with Gasteiger partial charge in [0.25, 0.3) is 0 Å². The van der Waals surface area contributed by atoms with E-state index in [0.717, 1.165) is 0 Å². The highest BCUT2D eigenvalue weighted by atomic mass is 32.2. The summed E-state index contributed by atoms with van der Waals surface area (Å²) in [6.07, 6.45) is 1.98. The Hall–Kier alpha value is -0.760. The van der Waals surface area contributed by atoms with Crippen LogP contribution in [0.3, 0.4) is 0 Å². The van der Waals surface area contributed by atoms with Crippen LogP contribution in [0.25, 0.3) is 0 Å². The van der Waals surface area contributed by atoms with Crippen LogP contribution in [-0.4, -0.2) is 51.3 Å². The van der Waals surface area contributed by atoms with Gasteiger partial charge < -0.3 is 25.6 Å².